The zero-order valence-electron chi connectivity index (χ0n) is 9.48. The Hall–Kier alpha value is -0.410. The van der Waals surface area contributed by atoms with Crippen molar-refractivity contribution in [2.45, 2.75) is 38.2 Å². The fourth-order valence-electron chi connectivity index (χ4n) is 2.86. The largest absolute Gasteiger partial charge is 0.393 e. The van der Waals surface area contributed by atoms with Crippen molar-refractivity contribution in [3.63, 3.8) is 0 Å². The van der Waals surface area contributed by atoms with E-state index >= 15 is 0 Å². The summed E-state index contributed by atoms with van der Waals surface area (Å²) in [5.41, 5.74) is 0. The van der Waals surface area contributed by atoms with Gasteiger partial charge in [0.2, 0.25) is 0 Å². The number of hydrogen-bond donors (Lipinski definition) is 1. The minimum absolute atomic E-state index is 0.152. The summed E-state index contributed by atoms with van der Waals surface area (Å²) in [5.74, 6) is 0.978. The van der Waals surface area contributed by atoms with E-state index in [-0.39, 0.29) is 17.9 Å². The van der Waals surface area contributed by atoms with Gasteiger partial charge in [-0.05, 0) is 45.7 Å². The van der Waals surface area contributed by atoms with Crippen molar-refractivity contribution in [2.24, 2.45) is 11.8 Å². The lowest BCUT2D eigenvalue weighted by atomic mass is 9.80. The van der Waals surface area contributed by atoms with Crippen LogP contribution in [0.25, 0.3) is 0 Å². The number of rotatable bonds is 2. The molecule has 0 aromatic carbocycles. The van der Waals surface area contributed by atoms with Crippen LogP contribution in [-0.2, 0) is 4.79 Å². The Morgan fingerprint density at radius 2 is 1.80 bits per heavy atom. The van der Waals surface area contributed by atoms with Crippen molar-refractivity contribution in [3.8, 4) is 0 Å². The van der Waals surface area contributed by atoms with E-state index in [1.54, 1.807) is 0 Å². The second kappa shape index (κ2) is 4.62. The zero-order chi connectivity index (χ0) is 10.8. The summed E-state index contributed by atoms with van der Waals surface area (Å²) < 4.78 is 0. The topological polar surface area (TPSA) is 40.5 Å². The average Bonchev–Trinajstić information content (AvgIpc) is 2.65. The summed E-state index contributed by atoms with van der Waals surface area (Å²) in [7, 11) is 2.08. The van der Waals surface area contributed by atoms with E-state index in [2.05, 4.69) is 11.9 Å². The molecule has 1 N–H and O–H groups in total. The van der Waals surface area contributed by atoms with Gasteiger partial charge in [-0.3, -0.25) is 4.79 Å². The number of aliphatic hydroxyl groups is 1. The van der Waals surface area contributed by atoms with Crippen LogP contribution in [0.4, 0.5) is 0 Å². The summed E-state index contributed by atoms with van der Waals surface area (Å²) in [4.78, 5) is 14.4. The molecule has 0 radical (unpaired) electrons. The molecule has 0 amide bonds. The molecule has 1 saturated carbocycles. The van der Waals surface area contributed by atoms with Gasteiger partial charge < -0.3 is 10.0 Å². The van der Waals surface area contributed by atoms with Gasteiger partial charge in [0.25, 0.3) is 0 Å². The van der Waals surface area contributed by atoms with Crippen LogP contribution in [0.5, 0.6) is 0 Å². The first kappa shape index (κ1) is 11.1. The third-order valence-electron chi connectivity index (χ3n) is 3.89. The summed E-state index contributed by atoms with van der Waals surface area (Å²) in [6.45, 7) is 2.00. The van der Waals surface area contributed by atoms with Crippen LogP contribution in [0.15, 0.2) is 0 Å². The van der Waals surface area contributed by atoms with Gasteiger partial charge in [-0.1, -0.05) is 0 Å². The standard InChI is InChI=1S/C12H21NO2/c1-13-7-6-10(8-13)12(15)9-2-4-11(14)5-3-9/h9-11,14H,2-8H2,1H3. The van der Waals surface area contributed by atoms with Crippen LogP contribution in [0, 0.1) is 11.8 Å². The second-order valence-corrected chi connectivity index (χ2v) is 5.16. The molecule has 1 aliphatic heterocycles. The Balaban J connectivity index is 1.85. The van der Waals surface area contributed by atoms with Gasteiger partial charge in [0.15, 0.2) is 0 Å². The monoisotopic (exact) mass is 211 g/mol. The van der Waals surface area contributed by atoms with E-state index in [0.717, 1.165) is 45.2 Å². The van der Waals surface area contributed by atoms with Gasteiger partial charge in [0.05, 0.1) is 6.10 Å². The summed E-state index contributed by atoms with van der Waals surface area (Å²) in [6, 6.07) is 0. The van der Waals surface area contributed by atoms with Crippen molar-refractivity contribution in [1.82, 2.24) is 4.90 Å². The van der Waals surface area contributed by atoms with Crippen LogP contribution < -0.4 is 0 Å². The smallest absolute Gasteiger partial charge is 0.140 e. The zero-order valence-corrected chi connectivity index (χ0v) is 9.48. The maximum Gasteiger partial charge on any atom is 0.140 e. The molecule has 2 fully saturated rings. The normalized spacial score (nSPS) is 38.1. The number of carbonyl (C=O) groups excluding carboxylic acids is 1. The van der Waals surface area contributed by atoms with Gasteiger partial charge in [-0.15, -0.1) is 0 Å². The summed E-state index contributed by atoms with van der Waals surface area (Å²) in [6.07, 6.45) is 4.33. The Labute approximate surface area is 91.5 Å². The van der Waals surface area contributed by atoms with Gasteiger partial charge in [-0.2, -0.15) is 0 Å². The molecule has 0 aromatic heterocycles. The van der Waals surface area contributed by atoms with Crippen LogP contribution in [0.2, 0.25) is 0 Å². The quantitative estimate of drug-likeness (QED) is 0.742. The lowest BCUT2D eigenvalue weighted by Crippen LogP contribution is -2.30. The molecule has 0 aromatic rings. The predicted molar refractivity (Wildman–Crippen MR) is 58.6 cm³/mol. The first-order chi connectivity index (χ1) is 7.16. The van der Waals surface area contributed by atoms with Crippen molar-refractivity contribution in [1.29, 1.82) is 0 Å². The number of ketones is 1. The van der Waals surface area contributed by atoms with E-state index < -0.39 is 0 Å². The maximum atomic E-state index is 12.1. The fraction of sp³-hybridized carbons (Fsp3) is 0.917. The molecule has 1 heterocycles. The van der Waals surface area contributed by atoms with Gasteiger partial charge in [0, 0.05) is 18.4 Å². The highest BCUT2D eigenvalue weighted by atomic mass is 16.3. The second-order valence-electron chi connectivity index (χ2n) is 5.16. The molecule has 0 spiro atoms. The minimum Gasteiger partial charge on any atom is -0.393 e. The number of hydrogen-bond acceptors (Lipinski definition) is 3. The molecule has 3 heteroatoms. The molecule has 15 heavy (non-hydrogen) atoms. The Morgan fingerprint density at radius 1 is 1.13 bits per heavy atom. The number of nitrogens with zero attached hydrogens (tertiary/aromatic N) is 1. The van der Waals surface area contributed by atoms with Crippen LogP contribution >= 0.6 is 0 Å². The minimum atomic E-state index is -0.152. The molecular formula is C12H21NO2. The maximum absolute atomic E-state index is 12.1. The van der Waals surface area contributed by atoms with E-state index in [9.17, 15) is 9.90 Å². The van der Waals surface area contributed by atoms with Crippen molar-refractivity contribution < 1.29 is 9.90 Å². The van der Waals surface area contributed by atoms with E-state index in [4.69, 9.17) is 0 Å². The van der Waals surface area contributed by atoms with Crippen LogP contribution in [0.3, 0.4) is 0 Å². The summed E-state index contributed by atoms with van der Waals surface area (Å²) >= 11 is 0. The third kappa shape index (κ3) is 2.58. The lowest BCUT2D eigenvalue weighted by Gasteiger charge is -2.26. The molecule has 2 aliphatic rings. The number of carbonyl (C=O) groups is 1. The number of Topliss-reactive ketones (excluding diaryl/α,β-unsaturated/α-hetero) is 1. The van der Waals surface area contributed by atoms with Gasteiger partial charge in [0.1, 0.15) is 5.78 Å². The molecule has 1 atom stereocenters. The molecule has 1 saturated heterocycles. The van der Waals surface area contributed by atoms with E-state index in [0.29, 0.717) is 5.78 Å². The Bertz CT molecular complexity index is 234. The van der Waals surface area contributed by atoms with Gasteiger partial charge >= 0.3 is 0 Å². The van der Waals surface area contributed by atoms with Crippen LogP contribution in [-0.4, -0.2) is 42.0 Å². The van der Waals surface area contributed by atoms with Crippen molar-refractivity contribution in [2.75, 3.05) is 20.1 Å². The molecule has 0 bridgehead atoms. The molecule has 1 unspecified atom stereocenters. The highest BCUT2D eigenvalue weighted by Gasteiger charge is 2.33. The first-order valence-corrected chi connectivity index (χ1v) is 6.07. The lowest BCUT2D eigenvalue weighted by molar-refractivity contribution is -0.128. The fourth-order valence-corrected chi connectivity index (χ4v) is 2.86. The SMILES string of the molecule is CN1CCC(C(=O)C2CCC(O)CC2)C1. The third-order valence-corrected chi connectivity index (χ3v) is 3.89. The average molecular weight is 211 g/mol. The van der Waals surface area contributed by atoms with E-state index in [1.165, 1.54) is 0 Å². The van der Waals surface area contributed by atoms with Crippen molar-refractivity contribution >= 4 is 5.78 Å². The highest BCUT2D eigenvalue weighted by Crippen LogP contribution is 2.29. The summed E-state index contributed by atoms with van der Waals surface area (Å²) in [5, 5.41) is 9.40. The highest BCUT2D eigenvalue weighted by molar-refractivity contribution is 5.84. The first-order valence-electron chi connectivity index (χ1n) is 6.07. The molecular weight excluding hydrogens is 190 g/mol. The predicted octanol–water partition coefficient (Wildman–Crippen LogP) is 1.06. The Kier molecular flexibility index (Phi) is 3.42. The van der Waals surface area contributed by atoms with Crippen LogP contribution in [0.1, 0.15) is 32.1 Å². The van der Waals surface area contributed by atoms with Gasteiger partial charge in [-0.25, -0.2) is 0 Å². The molecule has 1 aliphatic carbocycles. The number of likely N-dealkylation sites (tertiary alicyclic amines) is 1. The number of aliphatic hydroxyl groups excluding tert-OH is 1. The van der Waals surface area contributed by atoms with Crippen molar-refractivity contribution in [3.05, 3.63) is 0 Å². The molecule has 2 rings (SSSR count). The molecule has 3 nitrogen and oxygen atoms in total. The molecule has 86 valence electrons. The Morgan fingerprint density at radius 3 is 2.33 bits per heavy atom. The van der Waals surface area contributed by atoms with E-state index in [1.807, 2.05) is 0 Å².